The van der Waals surface area contributed by atoms with E-state index < -0.39 is 0 Å². The molecule has 1 atom stereocenters. The lowest BCUT2D eigenvalue weighted by atomic mass is 9.98. The lowest BCUT2D eigenvalue weighted by Gasteiger charge is -2.14. The molecule has 100 valence electrons. The van der Waals surface area contributed by atoms with Crippen molar-refractivity contribution in [2.45, 2.75) is 4.83 Å². The summed E-state index contributed by atoms with van der Waals surface area (Å²) in [5.41, 5.74) is 2.13. The molecule has 3 rings (SSSR count). The molecular weight excluding hydrogens is 339 g/mol. The second-order valence-electron chi connectivity index (χ2n) is 4.60. The Kier molecular flexibility index (Phi) is 3.77. The van der Waals surface area contributed by atoms with E-state index in [1.165, 1.54) is 12.1 Å². The van der Waals surface area contributed by atoms with Gasteiger partial charge in [0.1, 0.15) is 5.82 Å². The van der Waals surface area contributed by atoms with E-state index in [1.807, 2.05) is 36.4 Å². The summed E-state index contributed by atoms with van der Waals surface area (Å²) in [5, 5.41) is 2.87. The first-order chi connectivity index (χ1) is 9.66. The molecule has 0 saturated carbocycles. The standard InChI is InChI=1S/C17H11BrClF/c18-17(11-5-7-12(20)8-6-11)15-9-10-16(19)14-4-2-1-3-13(14)15/h1-10,17H. The molecule has 0 spiro atoms. The van der Waals surface area contributed by atoms with Gasteiger partial charge in [0.25, 0.3) is 0 Å². The van der Waals surface area contributed by atoms with E-state index in [0.29, 0.717) is 0 Å². The first-order valence-electron chi connectivity index (χ1n) is 6.23. The molecule has 0 N–H and O–H groups in total. The smallest absolute Gasteiger partial charge is 0.123 e. The maximum Gasteiger partial charge on any atom is 0.123 e. The van der Waals surface area contributed by atoms with Crippen molar-refractivity contribution in [3.63, 3.8) is 0 Å². The first-order valence-corrected chi connectivity index (χ1v) is 7.53. The van der Waals surface area contributed by atoms with Gasteiger partial charge in [-0.05, 0) is 34.7 Å². The van der Waals surface area contributed by atoms with Crippen LogP contribution in [0, 0.1) is 5.82 Å². The van der Waals surface area contributed by atoms with Gasteiger partial charge in [0.05, 0.1) is 4.83 Å². The minimum absolute atomic E-state index is 0.00488. The number of halogens is 3. The predicted octanol–water partition coefficient (Wildman–Crippen LogP) is 6.12. The SMILES string of the molecule is Fc1ccc(C(Br)c2ccc(Cl)c3ccccc23)cc1. The average Bonchev–Trinajstić information content (AvgIpc) is 2.48. The topological polar surface area (TPSA) is 0 Å². The van der Waals surface area contributed by atoms with E-state index in [4.69, 9.17) is 11.6 Å². The third kappa shape index (κ3) is 2.46. The molecule has 0 aliphatic rings. The second-order valence-corrected chi connectivity index (χ2v) is 5.92. The quantitative estimate of drug-likeness (QED) is 0.489. The van der Waals surface area contributed by atoms with Gasteiger partial charge < -0.3 is 0 Å². The maximum absolute atomic E-state index is 13.0. The Bertz CT molecular complexity index is 753. The summed E-state index contributed by atoms with van der Waals surface area (Å²) in [4.78, 5) is 0.00488. The van der Waals surface area contributed by atoms with Crippen LogP contribution in [0.1, 0.15) is 16.0 Å². The minimum atomic E-state index is -0.227. The van der Waals surface area contributed by atoms with Crippen LogP contribution in [0.15, 0.2) is 60.7 Å². The number of alkyl halides is 1. The van der Waals surface area contributed by atoms with Crippen LogP contribution in [0.25, 0.3) is 10.8 Å². The molecule has 3 heteroatoms. The van der Waals surface area contributed by atoms with E-state index in [2.05, 4.69) is 15.9 Å². The van der Waals surface area contributed by atoms with Gasteiger partial charge in [-0.15, -0.1) is 0 Å². The summed E-state index contributed by atoms with van der Waals surface area (Å²) in [6.45, 7) is 0. The summed E-state index contributed by atoms with van der Waals surface area (Å²) in [6.07, 6.45) is 0. The van der Waals surface area contributed by atoms with Gasteiger partial charge in [-0.3, -0.25) is 0 Å². The Hall–Kier alpha value is -1.38. The highest BCUT2D eigenvalue weighted by molar-refractivity contribution is 9.09. The zero-order chi connectivity index (χ0) is 14.1. The highest BCUT2D eigenvalue weighted by atomic mass is 79.9. The monoisotopic (exact) mass is 348 g/mol. The summed E-state index contributed by atoms with van der Waals surface area (Å²) >= 11 is 9.93. The fourth-order valence-electron chi connectivity index (χ4n) is 2.32. The van der Waals surface area contributed by atoms with Crippen molar-refractivity contribution in [3.05, 3.63) is 82.6 Å². The predicted molar refractivity (Wildman–Crippen MR) is 86.1 cm³/mol. The van der Waals surface area contributed by atoms with Gasteiger partial charge in [-0.25, -0.2) is 4.39 Å². The minimum Gasteiger partial charge on any atom is -0.207 e. The van der Waals surface area contributed by atoms with Crippen LogP contribution in [0.4, 0.5) is 4.39 Å². The lowest BCUT2D eigenvalue weighted by molar-refractivity contribution is 0.627. The fourth-order valence-corrected chi connectivity index (χ4v) is 3.25. The third-order valence-electron chi connectivity index (χ3n) is 3.34. The molecule has 0 radical (unpaired) electrons. The first kappa shape index (κ1) is 13.6. The summed E-state index contributed by atoms with van der Waals surface area (Å²) in [6, 6.07) is 18.5. The van der Waals surface area contributed by atoms with Crippen molar-refractivity contribution in [3.8, 4) is 0 Å². The van der Waals surface area contributed by atoms with Gasteiger partial charge in [0.2, 0.25) is 0 Å². The molecule has 1 unspecified atom stereocenters. The summed E-state index contributed by atoms with van der Waals surface area (Å²) in [7, 11) is 0. The van der Waals surface area contributed by atoms with Crippen LogP contribution in [0.5, 0.6) is 0 Å². The molecule has 0 bridgehead atoms. The Morgan fingerprint density at radius 3 is 2.20 bits per heavy atom. The number of fused-ring (bicyclic) bond motifs is 1. The summed E-state index contributed by atoms with van der Waals surface area (Å²) in [5.74, 6) is -0.227. The van der Waals surface area contributed by atoms with Crippen molar-refractivity contribution < 1.29 is 4.39 Å². The van der Waals surface area contributed by atoms with Crippen LogP contribution in [-0.2, 0) is 0 Å². The molecule has 3 aromatic rings. The Morgan fingerprint density at radius 1 is 0.850 bits per heavy atom. The molecule has 0 saturated heterocycles. The van der Waals surface area contributed by atoms with Crippen LogP contribution in [-0.4, -0.2) is 0 Å². The molecule has 0 heterocycles. The van der Waals surface area contributed by atoms with Gasteiger partial charge in [0.15, 0.2) is 0 Å². The van der Waals surface area contributed by atoms with Crippen LogP contribution >= 0.6 is 27.5 Å². The number of hydrogen-bond acceptors (Lipinski definition) is 0. The second kappa shape index (κ2) is 5.55. The van der Waals surface area contributed by atoms with Crippen molar-refractivity contribution >= 4 is 38.3 Å². The van der Waals surface area contributed by atoms with Gasteiger partial charge in [0, 0.05) is 10.4 Å². The largest absolute Gasteiger partial charge is 0.207 e. The molecule has 0 amide bonds. The third-order valence-corrected chi connectivity index (χ3v) is 4.69. The average molecular weight is 350 g/mol. The highest BCUT2D eigenvalue weighted by Gasteiger charge is 2.14. The van der Waals surface area contributed by atoms with Crippen molar-refractivity contribution in [2.24, 2.45) is 0 Å². The molecule has 0 nitrogen and oxygen atoms in total. The molecule has 3 aromatic carbocycles. The molecule has 0 aliphatic carbocycles. The Balaban J connectivity index is 2.14. The Morgan fingerprint density at radius 2 is 1.50 bits per heavy atom. The zero-order valence-corrected chi connectivity index (χ0v) is 12.8. The van der Waals surface area contributed by atoms with E-state index in [1.54, 1.807) is 12.1 Å². The number of rotatable bonds is 2. The molecule has 0 fully saturated rings. The maximum atomic E-state index is 13.0. The van der Waals surface area contributed by atoms with Crippen LogP contribution in [0.3, 0.4) is 0 Å². The highest BCUT2D eigenvalue weighted by Crippen LogP contribution is 2.37. The van der Waals surface area contributed by atoms with Gasteiger partial charge in [-0.2, -0.15) is 0 Å². The van der Waals surface area contributed by atoms with Gasteiger partial charge in [-0.1, -0.05) is 70.0 Å². The van der Waals surface area contributed by atoms with E-state index >= 15 is 0 Å². The van der Waals surface area contributed by atoms with Crippen molar-refractivity contribution in [2.75, 3.05) is 0 Å². The van der Waals surface area contributed by atoms with Crippen LogP contribution < -0.4 is 0 Å². The molecular formula is C17H11BrClF. The molecule has 0 aromatic heterocycles. The van der Waals surface area contributed by atoms with Crippen molar-refractivity contribution in [1.82, 2.24) is 0 Å². The van der Waals surface area contributed by atoms with E-state index in [-0.39, 0.29) is 10.6 Å². The summed E-state index contributed by atoms with van der Waals surface area (Å²) < 4.78 is 13.0. The molecule has 20 heavy (non-hydrogen) atoms. The van der Waals surface area contributed by atoms with Crippen LogP contribution in [0.2, 0.25) is 5.02 Å². The van der Waals surface area contributed by atoms with Crippen molar-refractivity contribution in [1.29, 1.82) is 0 Å². The normalized spacial score (nSPS) is 12.6. The lowest BCUT2D eigenvalue weighted by Crippen LogP contribution is -1.94. The number of hydrogen-bond donors (Lipinski definition) is 0. The fraction of sp³-hybridized carbons (Fsp3) is 0.0588. The zero-order valence-electron chi connectivity index (χ0n) is 10.5. The van der Waals surface area contributed by atoms with E-state index in [0.717, 1.165) is 26.9 Å². The van der Waals surface area contributed by atoms with E-state index in [9.17, 15) is 4.39 Å². The Labute approximate surface area is 130 Å². The molecule has 0 aliphatic heterocycles. The van der Waals surface area contributed by atoms with Gasteiger partial charge >= 0.3 is 0 Å². The number of benzene rings is 3.